The first kappa shape index (κ1) is 11.3. The molecule has 0 radical (unpaired) electrons. The van der Waals surface area contributed by atoms with E-state index >= 15 is 0 Å². The molecule has 0 unspecified atom stereocenters. The van der Waals surface area contributed by atoms with Gasteiger partial charge in [0.2, 0.25) is 9.84 Å². The molecule has 88 valence electrons. The van der Waals surface area contributed by atoms with Crippen molar-refractivity contribution in [3.8, 4) is 0 Å². The molecule has 17 heavy (non-hydrogen) atoms. The number of aromatic nitrogens is 2. The molecule has 0 spiro atoms. The topological polar surface area (TPSA) is 100 Å². The fraction of sp³-hybridized carbons (Fsp3) is 0. The van der Waals surface area contributed by atoms with Gasteiger partial charge in [0, 0.05) is 6.20 Å². The zero-order valence-electron chi connectivity index (χ0n) is 8.49. The van der Waals surface area contributed by atoms with E-state index in [0.29, 0.717) is 0 Å². The van der Waals surface area contributed by atoms with Crippen LogP contribution in [0.2, 0.25) is 0 Å². The summed E-state index contributed by atoms with van der Waals surface area (Å²) in [5.41, 5.74) is -0.506. The van der Waals surface area contributed by atoms with Crippen molar-refractivity contribution in [2.45, 2.75) is 9.79 Å². The minimum atomic E-state index is -3.85. The molecule has 0 amide bonds. The van der Waals surface area contributed by atoms with E-state index in [4.69, 9.17) is 5.11 Å². The van der Waals surface area contributed by atoms with E-state index in [1.807, 2.05) is 0 Å². The minimum Gasteiger partial charge on any atom is -0.476 e. The number of nitrogens with zero attached hydrogens (tertiary/aromatic N) is 1. The molecule has 1 aromatic carbocycles. The molecule has 1 aromatic heterocycles. The molecule has 1 heterocycles. The van der Waals surface area contributed by atoms with Crippen LogP contribution in [-0.4, -0.2) is 29.7 Å². The van der Waals surface area contributed by atoms with Gasteiger partial charge in [-0.05, 0) is 12.1 Å². The Morgan fingerprint density at radius 1 is 1.24 bits per heavy atom. The van der Waals surface area contributed by atoms with Crippen LogP contribution in [0.25, 0.3) is 0 Å². The molecule has 0 saturated carbocycles. The van der Waals surface area contributed by atoms with Crippen LogP contribution in [0.4, 0.5) is 0 Å². The molecular formula is C10H8N2O4S. The van der Waals surface area contributed by atoms with Gasteiger partial charge >= 0.3 is 5.97 Å². The van der Waals surface area contributed by atoms with Crippen LogP contribution in [0.15, 0.2) is 46.3 Å². The van der Waals surface area contributed by atoms with Gasteiger partial charge in [-0.1, -0.05) is 18.2 Å². The third kappa shape index (κ3) is 1.92. The van der Waals surface area contributed by atoms with Crippen LogP contribution in [0.5, 0.6) is 0 Å². The second-order valence-electron chi connectivity index (χ2n) is 3.22. The van der Waals surface area contributed by atoms with E-state index in [-0.39, 0.29) is 9.79 Å². The Kier molecular flexibility index (Phi) is 2.68. The molecule has 0 atom stereocenters. The predicted octanol–water partition coefficient (Wildman–Crippen LogP) is 0.941. The van der Waals surface area contributed by atoms with Gasteiger partial charge in [-0.3, -0.25) is 5.10 Å². The molecule has 0 aliphatic carbocycles. The number of carboxylic acids is 1. The first-order valence-electron chi connectivity index (χ1n) is 4.60. The van der Waals surface area contributed by atoms with Crippen LogP contribution < -0.4 is 0 Å². The van der Waals surface area contributed by atoms with Crippen LogP contribution in [0.3, 0.4) is 0 Å². The van der Waals surface area contributed by atoms with E-state index in [1.54, 1.807) is 18.2 Å². The van der Waals surface area contributed by atoms with E-state index in [0.717, 1.165) is 6.20 Å². The summed E-state index contributed by atoms with van der Waals surface area (Å²) in [4.78, 5) is 10.5. The SMILES string of the molecule is O=C(O)c1n[nH]cc1S(=O)(=O)c1ccccc1. The summed E-state index contributed by atoms with van der Waals surface area (Å²) in [5, 5.41) is 14.5. The van der Waals surface area contributed by atoms with Crippen molar-refractivity contribution >= 4 is 15.8 Å². The average Bonchev–Trinajstić information content (AvgIpc) is 2.80. The van der Waals surface area contributed by atoms with Gasteiger partial charge in [0.25, 0.3) is 0 Å². The minimum absolute atomic E-state index is 0.0314. The summed E-state index contributed by atoms with van der Waals surface area (Å²) in [6.45, 7) is 0. The zero-order valence-corrected chi connectivity index (χ0v) is 9.31. The van der Waals surface area contributed by atoms with Crippen molar-refractivity contribution in [3.63, 3.8) is 0 Å². The van der Waals surface area contributed by atoms with Crippen molar-refractivity contribution in [3.05, 3.63) is 42.2 Å². The number of aromatic amines is 1. The monoisotopic (exact) mass is 252 g/mol. The van der Waals surface area contributed by atoms with Gasteiger partial charge in [-0.25, -0.2) is 13.2 Å². The van der Waals surface area contributed by atoms with Gasteiger partial charge < -0.3 is 5.11 Å². The standard InChI is InChI=1S/C10H8N2O4S/c13-10(14)9-8(6-11-12-9)17(15,16)7-4-2-1-3-5-7/h1-6H,(H,11,12)(H,13,14). The first-order valence-corrected chi connectivity index (χ1v) is 6.09. The molecule has 7 heteroatoms. The summed E-state index contributed by atoms with van der Waals surface area (Å²) in [6.07, 6.45) is 1.06. The Labute approximate surface area is 96.8 Å². The summed E-state index contributed by atoms with van der Waals surface area (Å²) >= 11 is 0. The number of rotatable bonds is 3. The van der Waals surface area contributed by atoms with Crippen molar-refractivity contribution in [2.24, 2.45) is 0 Å². The lowest BCUT2D eigenvalue weighted by atomic mass is 10.4. The second kappa shape index (κ2) is 4.02. The highest BCUT2D eigenvalue weighted by Gasteiger charge is 2.26. The largest absolute Gasteiger partial charge is 0.476 e. The molecule has 2 aromatic rings. The molecule has 0 aliphatic rings. The second-order valence-corrected chi connectivity index (χ2v) is 5.14. The van der Waals surface area contributed by atoms with Gasteiger partial charge in [0.15, 0.2) is 5.69 Å². The Bertz CT molecular complexity index is 646. The third-order valence-corrected chi connectivity index (χ3v) is 3.93. The highest BCUT2D eigenvalue weighted by atomic mass is 32.2. The van der Waals surface area contributed by atoms with E-state index in [1.165, 1.54) is 12.1 Å². The van der Waals surface area contributed by atoms with Gasteiger partial charge in [-0.2, -0.15) is 5.10 Å². The summed E-state index contributed by atoms with van der Waals surface area (Å²) in [6, 6.07) is 7.59. The third-order valence-electron chi connectivity index (χ3n) is 2.15. The van der Waals surface area contributed by atoms with Gasteiger partial charge in [0.05, 0.1) is 4.90 Å². The lowest BCUT2D eigenvalue weighted by Crippen LogP contribution is -2.08. The number of hydrogen-bond donors (Lipinski definition) is 2. The smallest absolute Gasteiger partial charge is 0.357 e. The molecule has 0 aliphatic heterocycles. The van der Waals surface area contributed by atoms with Crippen LogP contribution in [-0.2, 0) is 9.84 Å². The van der Waals surface area contributed by atoms with Crippen molar-refractivity contribution in [1.82, 2.24) is 10.2 Å². The molecule has 2 rings (SSSR count). The van der Waals surface area contributed by atoms with Crippen molar-refractivity contribution < 1.29 is 18.3 Å². The maximum atomic E-state index is 12.1. The predicted molar refractivity (Wildman–Crippen MR) is 57.4 cm³/mol. The summed E-state index contributed by atoms with van der Waals surface area (Å²) in [5.74, 6) is -1.39. The van der Waals surface area contributed by atoms with Crippen LogP contribution in [0.1, 0.15) is 10.5 Å². The molecular weight excluding hydrogens is 244 g/mol. The number of carboxylic acid groups (broad SMARTS) is 1. The number of benzene rings is 1. The fourth-order valence-corrected chi connectivity index (χ4v) is 2.73. The number of carbonyl (C=O) groups is 1. The first-order chi connectivity index (χ1) is 8.03. The fourth-order valence-electron chi connectivity index (χ4n) is 1.36. The van der Waals surface area contributed by atoms with E-state index in [9.17, 15) is 13.2 Å². The normalized spacial score (nSPS) is 11.3. The Hall–Kier alpha value is -2.15. The molecule has 6 nitrogen and oxygen atoms in total. The lowest BCUT2D eigenvalue weighted by Gasteiger charge is -2.01. The van der Waals surface area contributed by atoms with Crippen LogP contribution >= 0.6 is 0 Å². The Morgan fingerprint density at radius 2 is 1.88 bits per heavy atom. The lowest BCUT2D eigenvalue weighted by molar-refractivity contribution is 0.0686. The van der Waals surface area contributed by atoms with Crippen LogP contribution in [0, 0.1) is 0 Å². The Morgan fingerprint density at radius 3 is 2.47 bits per heavy atom. The average molecular weight is 252 g/mol. The quantitative estimate of drug-likeness (QED) is 0.846. The molecule has 2 N–H and O–H groups in total. The van der Waals surface area contributed by atoms with Gasteiger partial charge in [0.1, 0.15) is 4.90 Å². The Balaban J connectivity index is 2.61. The number of aromatic carboxylic acids is 1. The molecule has 0 bridgehead atoms. The van der Waals surface area contributed by atoms with E-state index < -0.39 is 21.5 Å². The maximum absolute atomic E-state index is 12.1. The highest BCUT2D eigenvalue weighted by molar-refractivity contribution is 7.91. The molecule has 0 saturated heterocycles. The van der Waals surface area contributed by atoms with Crippen molar-refractivity contribution in [1.29, 1.82) is 0 Å². The summed E-state index contributed by atoms with van der Waals surface area (Å²) < 4.78 is 24.2. The molecule has 0 fully saturated rings. The zero-order chi connectivity index (χ0) is 12.5. The number of hydrogen-bond acceptors (Lipinski definition) is 4. The number of H-pyrrole nitrogens is 1. The number of nitrogens with one attached hydrogen (secondary N) is 1. The summed E-state index contributed by atoms with van der Waals surface area (Å²) in [7, 11) is -3.85. The van der Waals surface area contributed by atoms with Crippen molar-refractivity contribution in [2.75, 3.05) is 0 Å². The number of sulfone groups is 1. The van der Waals surface area contributed by atoms with Gasteiger partial charge in [-0.15, -0.1) is 0 Å². The highest BCUT2D eigenvalue weighted by Crippen LogP contribution is 2.22. The maximum Gasteiger partial charge on any atom is 0.357 e. The van der Waals surface area contributed by atoms with E-state index in [2.05, 4.69) is 10.2 Å².